The predicted octanol–water partition coefficient (Wildman–Crippen LogP) is 1.77. The van der Waals surface area contributed by atoms with Crippen molar-refractivity contribution in [2.75, 3.05) is 26.2 Å². The molecule has 1 aromatic carbocycles. The molecule has 0 aromatic heterocycles. The molecule has 1 fully saturated rings. The highest BCUT2D eigenvalue weighted by molar-refractivity contribution is 6.33. The van der Waals surface area contributed by atoms with Crippen LogP contribution in [0.1, 0.15) is 36.5 Å². The molecule has 142 valence electrons. The van der Waals surface area contributed by atoms with Crippen LogP contribution >= 0.6 is 11.6 Å². The molecule has 1 aliphatic rings. The fourth-order valence-corrected chi connectivity index (χ4v) is 3.05. The Morgan fingerprint density at radius 2 is 1.77 bits per heavy atom. The summed E-state index contributed by atoms with van der Waals surface area (Å²) in [7, 11) is 0. The van der Waals surface area contributed by atoms with E-state index in [0.29, 0.717) is 43.2 Å². The third kappa shape index (κ3) is 5.91. The SMILES string of the molecule is CCC(=O)N1CCC(NC(=O)NCCNC(=O)c2ccccc2Cl)CC1. The predicted molar refractivity (Wildman–Crippen MR) is 100 cm³/mol. The normalized spacial score (nSPS) is 14.6. The maximum atomic E-state index is 12.0. The summed E-state index contributed by atoms with van der Waals surface area (Å²) >= 11 is 5.96. The Morgan fingerprint density at radius 3 is 2.42 bits per heavy atom. The molecule has 0 saturated carbocycles. The Kier molecular flexibility index (Phi) is 7.72. The molecular formula is C18H25ClN4O3. The van der Waals surface area contributed by atoms with Crippen LogP contribution in [0.3, 0.4) is 0 Å². The van der Waals surface area contributed by atoms with Crippen LogP contribution in [-0.4, -0.2) is 55.0 Å². The number of rotatable bonds is 6. The number of carbonyl (C=O) groups excluding carboxylic acids is 3. The monoisotopic (exact) mass is 380 g/mol. The molecule has 26 heavy (non-hydrogen) atoms. The molecule has 0 bridgehead atoms. The first kappa shape index (κ1) is 20.0. The Balaban J connectivity index is 1.62. The summed E-state index contributed by atoms with van der Waals surface area (Å²) in [6.07, 6.45) is 2.02. The average Bonchev–Trinajstić information content (AvgIpc) is 2.65. The number of urea groups is 1. The molecule has 0 aliphatic carbocycles. The van der Waals surface area contributed by atoms with E-state index >= 15 is 0 Å². The van der Waals surface area contributed by atoms with Gasteiger partial charge in [0, 0.05) is 38.6 Å². The van der Waals surface area contributed by atoms with Gasteiger partial charge in [-0.15, -0.1) is 0 Å². The number of hydrogen-bond acceptors (Lipinski definition) is 3. The van der Waals surface area contributed by atoms with Gasteiger partial charge in [-0.1, -0.05) is 30.7 Å². The zero-order chi connectivity index (χ0) is 18.9. The lowest BCUT2D eigenvalue weighted by Gasteiger charge is -2.32. The minimum atomic E-state index is -0.272. The standard InChI is InChI=1S/C18H25ClN4O3/c1-2-16(24)23-11-7-13(8-12-23)22-18(26)21-10-9-20-17(25)14-5-3-4-6-15(14)19/h3-6,13H,2,7-12H2,1H3,(H,20,25)(H2,21,22,26). The molecule has 0 atom stereocenters. The summed E-state index contributed by atoms with van der Waals surface area (Å²) in [5, 5.41) is 8.73. The van der Waals surface area contributed by atoms with Crippen molar-refractivity contribution >= 4 is 29.4 Å². The topological polar surface area (TPSA) is 90.5 Å². The summed E-state index contributed by atoms with van der Waals surface area (Å²) in [5.41, 5.74) is 0.409. The van der Waals surface area contributed by atoms with Crippen molar-refractivity contribution in [3.05, 3.63) is 34.9 Å². The minimum absolute atomic E-state index is 0.0635. The van der Waals surface area contributed by atoms with Gasteiger partial charge in [-0.05, 0) is 25.0 Å². The lowest BCUT2D eigenvalue weighted by atomic mass is 10.1. The smallest absolute Gasteiger partial charge is 0.315 e. The van der Waals surface area contributed by atoms with E-state index in [-0.39, 0.29) is 23.9 Å². The van der Waals surface area contributed by atoms with Gasteiger partial charge >= 0.3 is 6.03 Å². The molecule has 2 rings (SSSR count). The van der Waals surface area contributed by atoms with Crippen LogP contribution < -0.4 is 16.0 Å². The van der Waals surface area contributed by atoms with Crippen LogP contribution in [0.15, 0.2) is 24.3 Å². The highest BCUT2D eigenvalue weighted by Gasteiger charge is 2.22. The first-order valence-electron chi connectivity index (χ1n) is 8.86. The van der Waals surface area contributed by atoms with E-state index in [1.54, 1.807) is 24.3 Å². The van der Waals surface area contributed by atoms with Crippen LogP contribution in [0.25, 0.3) is 0 Å². The summed E-state index contributed by atoms with van der Waals surface area (Å²) in [6.45, 7) is 3.82. The Labute approximate surface area is 158 Å². The highest BCUT2D eigenvalue weighted by Crippen LogP contribution is 2.14. The molecule has 1 heterocycles. The molecule has 1 aliphatic heterocycles. The lowest BCUT2D eigenvalue weighted by molar-refractivity contribution is -0.131. The second-order valence-corrected chi connectivity index (χ2v) is 6.55. The van der Waals surface area contributed by atoms with Gasteiger partial charge in [0.15, 0.2) is 0 Å². The Bertz CT molecular complexity index is 645. The number of nitrogens with one attached hydrogen (secondary N) is 3. The average molecular weight is 381 g/mol. The van der Waals surface area contributed by atoms with Gasteiger partial charge in [0.05, 0.1) is 10.6 Å². The maximum absolute atomic E-state index is 12.0. The van der Waals surface area contributed by atoms with E-state index in [0.717, 1.165) is 12.8 Å². The Morgan fingerprint density at radius 1 is 1.12 bits per heavy atom. The van der Waals surface area contributed by atoms with Crippen LogP contribution in [-0.2, 0) is 4.79 Å². The van der Waals surface area contributed by atoms with Crippen molar-refractivity contribution in [1.29, 1.82) is 0 Å². The summed E-state index contributed by atoms with van der Waals surface area (Å²) < 4.78 is 0. The molecule has 1 saturated heterocycles. The van der Waals surface area contributed by atoms with Crippen LogP contribution in [0.5, 0.6) is 0 Å². The van der Waals surface area contributed by atoms with Crippen molar-refractivity contribution in [3.63, 3.8) is 0 Å². The third-order valence-corrected chi connectivity index (χ3v) is 4.63. The molecule has 4 amide bonds. The van der Waals surface area contributed by atoms with Crippen molar-refractivity contribution in [1.82, 2.24) is 20.9 Å². The van der Waals surface area contributed by atoms with Gasteiger partial charge in [-0.2, -0.15) is 0 Å². The number of likely N-dealkylation sites (tertiary alicyclic amines) is 1. The minimum Gasteiger partial charge on any atom is -0.350 e. The van der Waals surface area contributed by atoms with Crippen LogP contribution in [0.2, 0.25) is 5.02 Å². The van der Waals surface area contributed by atoms with Gasteiger partial charge < -0.3 is 20.9 Å². The van der Waals surface area contributed by atoms with E-state index in [9.17, 15) is 14.4 Å². The van der Waals surface area contributed by atoms with Crippen molar-refractivity contribution in [3.8, 4) is 0 Å². The van der Waals surface area contributed by atoms with Gasteiger partial charge in [-0.3, -0.25) is 9.59 Å². The summed E-state index contributed by atoms with van der Waals surface area (Å²) in [6, 6.07) is 6.60. The molecule has 1 aromatic rings. The number of benzene rings is 1. The number of carbonyl (C=O) groups is 3. The van der Waals surface area contributed by atoms with E-state index in [1.165, 1.54) is 0 Å². The third-order valence-electron chi connectivity index (χ3n) is 4.30. The number of hydrogen-bond donors (Lipinski definition) is 3. The molecular weight excluding hydrogens is 356 g/mol. The zero-order valence-electron chi connectivity index (χ0n) is 14.9. The highest BCUT2D eigenvalue weighted by atomic mass is 35.5. The Hall–Kier alpha value is -2.28. The van der Waals surface area contributed by atoms with Crippen LogP contribution in [0.4, 0.5) is 4.79 Å². The van der Waals surface area contributed by atoms with Gasteiger partial charge in [-0.25, -0.2) is 4.79 Å². The molecule has 8 heteroatoms. The van der Waals surface area contributed by atoms with Gasteiger partial charge in [0.1, 0.15) is 0 Å². The van der Waals surface area contributed by atoms with Gasteiger partial charge in [0.25, 0.3) is 5.91 Å². The second-order valence-electron chi connectivity index (χ2n) is 6.14. The maximum Gasteiger partial charge on any atom is 0.315 e. The first-order chi connectivity index (χ1) is 12.5. The number of piperidine rings is 1. The molecule has 7 nitrogen and oxygen atoms in total. The summed E-state index contributed by atoms with van der Waals surface area (Å²) in [5.74, 6) is -0.118. The molecule has 0 unspecified atom stereocenters. The van der Waals surface area contributed by atoms with E-state index < -0.39 is 0 Å². The van der Waals surface area contributed by atoms with Crippen LogP contribution in [0, 0.1) is 0 Å². The van der Waals surface area contributed by atoms with Crippen molar-refractivity contribution in [2.45, 2.75) is 32.2 Å². The summed E-state index contributed by atoms with van der Waals surface area (Å²) in [4.78, 5) is 37.4. The van der Waals surface area contributed by atoms with E-state index in [4.69, 9.17) is 11.6 Å². The van der Waals surface area contributed by atoms with E-state index in [2.05, 4.69) is 16.0 Å². The number of halogens is 1. The van der Waals surface area contributed by atoms with Crippen molar-refractivity contribution in [2.24, 2.45) is 0 Å². The van der Waals surface area contributed by atoms with E-state index in [1.807, 2.05) is 11.8 Å². The number of nitrogens with zero attached hydrogens (tertiary/aromatic N) is 1. The largest absolute Gasteiger partial charge is 0.350 e. The second kappa shape index (κ2) is 10.0. The van der Waals surface area contributed by atoms with Gasteiger partial charge in [0.2, 0.25) is 5.91 Å². The number of amides is 4. The fourth-order valence-electron chi connectivity index (χ4n) is 2.83. The lowest BCUT2D eigenvalue weighted by Crippen LogP contribution is -2.49. The fraction of sp³-hybridized carbons (Fsp3) is 0.500. The molecule has 0 radical (unpaired) electrons. The van der Waals surface area contributed by atoms with Crippen molar-refractivity contribution < 1.29 is 14.4 Å². The molecule has 3 N–H and O–H groups in total. The molecule has 0 spiro atoms. The first-order valence-corrected chi connectivity index (χ1v) is 9.24. The zero-order valence-corrected chi connectivity index (χ0v) is 15.6. The quantitative estimate of drug-likeness (QED) is 0.657.